The van der Waals surface area contributed by atoms with Gasteiger partial charge in [0, 0.05) is 29.4 Å². The number of hydrogen-bond donors (Lipinski definition) is 2. The van der Waals surface area contributed by atoms with E-state index in [9.17, 15) is 22.8 Å². The summed E-state index contributed by atoms with van der Waals surface area (Å²) in [5, 5.41) is 5.35. The van der Waals surface area contributed by atoms with Crippen LogP contribution in [0.5, 0.6) is 0 Å². The van der Waals surface area contributed by atoms with Crippen molar-refractivity contribution >= 4 is 11.6 Å². The van der Waals surface area contributed by atoms with Gasteiger partial charge in [-0.25, -0.2) is 17.9 Å². The van der Waals surface area contributed by atoms with Gasteiger partial charge in [0.2, 0.25) is 5.91 Å². The van der Waals surface area contributed by atoms with Crippen LogP contribution in [-0.2, 0) is 11.2 Å². The fraction of sp³-hybridized carbons (Fsp3) is 0.158. The maximum atomic E-state index is 13.2. The Morgan fingerprint density at radius 1 is 1.07 bits per heavy atom. The van der Waals surface area contributed by atoms with Crippen LogP contribution in [0.3, 0.4) is 0 Å². The number of aromatic nitrogens is 2. The van der Waals surface area contributed by atoms with E-state index >= 15 is 0 Å². The van der Waals surface area contributed by atoms with Crippen molar-refractivity contribution in [2.45, 2.75) is 19.8 Å². The SMILES string of the molecule is Cc1[nH]n(-c2ccc(F)cc2)c(=O)c1CCC(=O)Nc1ccc(F)c(F)c1. The summed E-state index contributed by atoms with van der Waals surface area (Å²) in [5.74, 6) is -2.91. The van der Waals surface area contributed by atoms with E-state index in [0.717, 1.165) is 12.1 Å². The van der Waals surface area contributed by atoms with Crippen molar-refractivity contribution in [3.63, 3.8) is 0 Å². The minimum atomic E-state index is -1.06. The molecule has 27 heavy (non-hydrogen) atoms. The van der Waals surface area contributed by atoms with Gasteiger partial charge in [-0.2, -0.15) is 0 Å². The molecule has 2 aromatic carbocycles. The Labute approximate surface area is 152 Å². The predicted molar refractivity (Wildman–Crippen MR) is 94.4 cm³/mol. The van der Waals surface area contributed by atoms with Crippen LogP contribution in [0.4, 0.5) is 18.9 Å². The number of aromatic amines is 1. The molecule has 0 aliphatic heterocycles. The van der Waals surface area contributed by atoms with Gasteiger partial charge in [0.1, 0.15) is 5.82 Å². The molecule has 0 aliphatic carbocycles. The van der Waals surface area contributed by atoms with Gasteiger partial charge in [0.05, 0.1) is 5.69 Å². The summed E-state index contributed by atoms with van der Waals surface area (Å²) in [6.07, 6.45) is 0.140. The minimum absolute atomic E-state index is 0.0175. The van der Waals surface area contributed by atoms with E-state index in [1.54, 1.807) is 6.92 Å². The topological polar surface area (TPSA) is 66.9 Å². The third kappa shape index (κ3) is 4.11. The predicted octanol–water partition coefficient (Wildman–Crippen LogP) is 3.46. The first kappa shape index (κ1) is 18.5. The van der Waals surface area contributed by atoms with E-state index in [1.165, 1.54) is 35.0 Å². The zero-order chi connectivity index (χ0) is 19.6. The molecule has 0 atom stereocenters. The van der Waals surface area contributed by atoms with Crippen LogP contribution in [0.1, 0.15) is 17.7 Å². The Hall–Kier alpha value is -3.29. The fourth-order valence-corrected chi connectivity index (χ4v) is 2.68. The standard InChI is InChI=1S/C19H16F3N3O2/c1-11-15(19(27)25(24-11)14-5-2-12(20)3-6-14)7-9-18(26)23-13-4-8-16(21)17(22)10-13/h2-6,8,10,24H,7,9H2,1H3,(H,23,26). The molecule has 0 spiro atoms. The molecule has 0 saturated carbocycles. The number of nitrogens with zero attached hydrogens (tertiary/aromatic N) is 1. The molecule has 0 radical (unpaired) electrons. The first-order valence-corrected chi connectivity index (χ1v) is 8.16. The van der Waals surface area contributed by atoms with Crippen LogP contribution in [0.2, 0.25) is 0 Å². The van der Waals surface area contributed by atoms with E-state index in [-0.39, 0.29) is 24.1 Å². The number of amides is 1. The highest BCUT2D eigenvalue weighted by Gasteiger charge is 2.14. The highest BCUT2D eigenvalue weighted by Crippen LogP contribution is 2.14. The zero-order valence-corrected chi connectivity index (χ0v) is 14.4. The Bertz CT molecular complexity index is 1040. The molecule has 0 unspecified atom stereocenters. The molecule has 3 aromatic rings. The van der Waals surface area contributed by atoms with Crippen molar-refractivity contribution in [1.82, 2.24) is 9.78 Å². The number of anilines is 1. The van der Waals surface area contributed by atoms with Crippen LogP contribution in [0.25, 0.3) is 5.69 Å². The first-order chi connectivity index (χ1) is 12.8. The van der Waals surface area contributed by atoms with E-state index in [4.69, 9.17) is 0 Å². The second-order valence-corrected chi connectivity index (χ2v) is 6.01. The summed E-state index contributed by atoms with van der Waals surface area (Å²) in [4.78, 5) is 24.6. The molecular formula is C19H16F3N3O2. The van der Waals surface area contributed by atoms with Crippen molar-refractivity contribution in [1.29, 1.82) is 0 Å². The van der Waals surface area contributed by atoms with Gasteiger partial charge in [-0.1, -0.05) is 0 Å². The maximum absolute atomic E-state index is 13.2. The van der Waals surface area contributed by atoms with Gasteiger partial charge in [0.25, 0.3) is 5.56 Å². The third-order valence-corrected chi connectivity index (χ3v) is 4.08. The summed E-state index contributed by atoms with van der Waals surface area (Å²) in [6, 6.07) is 8.47. The van der Waals surface area contributed by atoms with Gasteiger partial charge in [-0.15, -0.1) is 0 Å². The summed E-state index contributed by atoms with van der Waals surface area (Å²) < 4.78 is 40.4. The fourth-order valence-electron chi connectivity index (χ4n) is 2.68. The molecule has 1 heterocycles. The van der Waals surface area contributed by atoms with Gasteiger partial charge >= 0.3 is 0 Å². The average Bonchev–Trinajstić information content (AvgIpc) is 2.91. The molecule has 0 fully saturated rings. The number of hydrogen-bond acceptors (Lipinski definition) is 2. The second-order valence-electron chi connectivity index (χ2n) is 6.01. The summed E-state index contributed by atoms with van der Waals surface area (Å²) >= 11 is 0. The number of H-pyrrole nitrogens is 1. The Kier molecular flexibility index (Phi) is 5.16. The number of benzene rings is 2. The van der Waals surface area contributed by atoms with Gasteiger partial charge in [-0.05, 0) is 49.7 Å². The monoisotopic (exact) mass is 375 g/mol. The van der Waals surface area contributed by atoms with Crippen LogP contribution >= 0.6 is 0 Å². The number of carbonyl (C=O) groups is 1. The van der Waals surface area contributed by atoms with Crippen molar-refractivity contribution in [3.8, 4) is 5.69 Å². The molecule has 8 heteroatoms. The number of halogens is 3. The molecule has 2 N–H and O–H groups in total. The Balaban J connectivity index is 1.70. The zero-order valence-electron chi connectivity index (χ0n) is 14.4. The molecule has 1 amide bonds. The lowest BCUT2D eigenvalue weighted by molar-refractivity contribution is -0.116. The average molecular weight is 375 g/mol. The molecule has 0 bridgehead atoms. The lowest BCUT2D eigenvalue weighted by Crippen LogP contribution is -2.19. The minimum Gasteiger partial charge on any atom is -0.326 e. The van der Waals surface area contributed by atoms with E-state index in [0.29, 0.717) is 16.9 Å². The van der Waals surface area contributed by atoms with E-state index in [2.05, 4.69) is 10.4 Å². The van der Waals surface area contributed by atoms with Crippen LogP contribution in [-0.4, -0.2) is 15.7 Å². The lowest BCUT2D eigenvalue weighted by Gasteiger charge is -2.05. The van der Waals surface area contributed by atoms with E-state index in [1.807, 2.05) is 0 Å². The van der Waals surface area contributed by atoms with Crippen LogP contribution in [0, 0.1) is 24.4 Å². The first-order valence-electron chi connectivity index (χ1n) is 8.16. The number of rotatable bonds is 5. The van der Waals surface area contributed by atoms with Crippen molar-refractivity contribution in [2.24, 2.45) is 0 Å². The quantitative estimate of drug-likeness (QED) is 0.717. The molecule has 5 nitrogen and oxygen atoms in total. The van der Waals surface area contributed by atoms with Gasteiger partial charge in [-0.3, -0.25) is 14.7 Å². The van der Waals surface area contributed by atoms with Crippen LogP contribution < -0.4 is 10.9 Å². The maximum Gasteiger partial charge on any atom is 0.274 e. The molecule has 3 rings (SSSR count). The highest BCUT2D eigenvalue weighted by atomic mass is 19.2. The largest absolute Gasteiger partial charge is 0.326 e. The van der Waals surface area contributed by atoms with Crippen molar-refractivity contribution in [3.05, 3.63) is 81.5 Å². The lowest BCUT2D eigenvalue weighted by atomic mass is 10.1. The Morgan fingerprint density at radius 3 is 2.44 bits per heavy atom. The number of carbonyl (C=O) groups excluding carboxylic acids is 1. The van der Waals surface area contributed by atoms with E-state index < -0.39 is 23.4 Å². The number of nitrogens with one attached hydrogen (secondary N) is 2. The van der Waals surface area contributed by atoms with Crippen LogP contribution in [0.15, 0.2) is 47.3 Å². The third-order valence-electron chi connectivity index (χ3n) is 4.08. The van der Waals surface area contributed by atoms with Gasteiger partial charge < -0.3 is 5.32 Å². The van der Waals surface area contributed by atoms with Crippen molar-refractivity contribution < 1.29 is 18.0 Å². The summed E-state index contributed by atoms with van der Waals surface area (Å²) in [6.45, 7) is 1.70. The molecular weight excluding hydrogens is 359 g/mol. The van der Waals surface area contributed by atoms with Gasteiger partial charge in [0.15, 0.2) is 11.6 Å². The molecule has 1 aromatic heterocycles. The van der Waals surface area contributed by atoms with Crippen molar-refractivity contribution in [2.75, 3.05) is 5.32 Å². The second kappa shape index (κ2) is 7.53. The summed E-state index contributed by atoms with van der Waals surface area (Å²) in [7, 11) is 0. The molecule has 140 valence electrons. The Morgan fingerprint density at radius 2 is 1.78 bits per heavy atom. The normalized spacial score (nSPS) is 10.8. The smallest absolute Gasteiger partial charge is 0.274 e. The highest BCUT2D eigenvalue weighted by molar-refractivity contribution is 5.90. The molecule has 0 saturated heterocycles. The number of aryl methyl sites for hydroxylation is 1. The summed E-state index contributed by atoms with van der Waals surface area (Å²) in [5.41, 5.74) is 1.28. The molecule has 0 aliphatic rings.